The Labute approximate surface area is 185 Å². The first-order valence-electron chi connectivity index (χ1n) is 10.9. The molecule has 0 bridgehead atoms. The summed E-state index contributed by atoms with van der Waals surface area (Å²) in [6.45, 7) is 6.70. The number of carbonyl (C=O) groups is 1. The molecule has 0 spiro atoms. The van der Waals surface area contributed by atoms with Crippen molar-refractivity contribution in [3.8, 4) is 0 Å². The van der Waals surface area contributed by atoms with Crippen molar-refractivity contribution in [1.82, 2.24) is 24.6 Å². The first-order valence-corrected chi connectivity index (χ1v) is 11.3. The van der Waals surface area contributed by atoms with Crippen molar-refractivity contribution in [3.05, 3.63) is 40.9 Å². The maximum absolute atomic E-state index is 11.9. The minimum absolute atomic E-state index is 0.0356. The molecule has 1 amide bonds. The van der Waals surface area contributed by atoms with Gasteiger partial charge in [0, 0.05) is 36.3 Å². The van der Waals surface area contributed by atoms with Gasteiger partial charge in [-0.25, -0.2) is 9.78 Å². The third-order valence-corrected chi connectivity index (χ3v) is 6.79. The van der Waals surface area contributed by atoms with E-state index in [1.54, 1.807) is 6.20 Å². The SMILES string of the molecule is CC(Cn1cc(Cl)cn1)c1nc2c3c(ccc2n1[C@H]1CCNC1)N(C(=O)O)[C@@H](C)CC3. The quantitative estimate of drug-likeness (QED) is 0.636. The van der Waals surface area contributed by atoms with E-state index in [1.165, 1.54) is 4.90 Å². The average molecular weight is 443 g/mol. The van der Waals surface area contributed by atoms with E-state index in [0.717, 1.165) is 60.5 Å². The van der Waals surface area contributed by atoms with Crippen LogP contribution in [0, 0.1) is 0 Å². The van der Waals surface area contributed by atoms with Crippen LogP contribution in [0.4, 0.5) is 10.5 Å². The Hall–Kier alpha value is -2.58. The molecule has 2 aliphatic heterocycles. The summed E-state index contributed by atoms with van der Waals surface area (Å²) >= 11 is 6.05. The molecule has 31 heavy (non-hydrogen) atoms. The molecule has 8 nitrogen and oxygen atoms in total. The molecule has 3 atom stereocenters. The van der Waals surface area contributed by atoms with Gasteiger partial charge in [-0.05, 0) is 44.9 Å². The Morgan fingerprint density at radius 2 is 2.23 bits per heavy atom. The van der Waals surface area contributed by atoms with Gasteiger partial charge in [0.1, 0.15) is 5.82 Å². The summed E-state index contributed by atoms with van der Waals surface area (Å²) in [5.41, 5.74) is 3.83. The Morgan fingerprint density at radius 1 is 1.39 bits per heavy atom. The number of imidazole rings is 1. The number of amides is 1. The van der Waals surface area contributed by atoms with Crippen LogP contribution in [-0.2, 0) is 13.0 Å². The number of nitrogens with zero attached hydrogens (tertiary/aromatic N) is 5. The van der Waals surface area contributed by atoms with Gasteiger partial charge in [-0.2, -0.15) is 5.10 Å². The van der Waals surface area contributed by atoms with Gasteiger partial charge in [0.2, 0.25) is 0 Å². The smallest absolute Gasteiger partial charge is 0.412 e. The maximum Gasteiger partial charge on any atom is 0.412 e. The fraction of sp³-hybridized carbons (Fsp3) is 0.500. The number of rotatable bonds is 4. The van der Waals surface area contributed by atoms with E-state index in [2.05, 4.69) is 28.0 Å². The number of halogens is 1. The molecule has 0 saturated carbocycles. The second-order valence-corrected chi connectivity index (χ2v) is 9.18. The maximum atomic E-state index is 11.9. The lowest BCUT2D eigenvalue weighted by Crippen LogP contribution is -2.41. The lowest BCUT2D eigenvalue weighted by Gasteiger charge is -2.33. The van der Waals surface area contributed by atoms with Crippen LogP contribution in [0.5, 0.6) is 0 Å². The summed E-state index contributed by atoms with van der Waals surface area (Å²) in [6, 6.07) is 4.31. The van der Waals surface area contributed by atoms with Crippen LogP contribution < -0.4 is 10.2 Å². The van der Waals surface area contributed by atoms with Crippen LogP contribution in [0.15, 0.2) is 24.5 Å². The zero-order chi connectivity index (χ0) is 21.7. The first kappa shape index (κ1) is 20.3. The zero-order valence-electron chi connectivity index (χ0n) is 17.8. The van der Waals surface area contributed by atoms with E-state index < -0.39 is 6.09 Å². The normalized spacial score (nSPS) is 22.1. The molecule has 3 aromatic rings. The summed E-state index contributed by atoms with van der Waals surface area (Å²) in [7, 11) is 0. The molecule has 0 radical (unpaired) electrons. The zero-order valence-corrected chi connectivity index (χ0v) is 18.5. The van der Waals surface area contributed by atoms with E-state index in [0.29, 0.717) is 17.6 Å². The van der Waals surface area contributed by atoms with Gasteiger partial charge in [0.15, 0.2) is 0 Å². The second kappa shape index (κ2) is 7.84. The van der Waals surface area contributed by atoms with E-state index in [1.807, 2.05) is 23.9 Å². The van der Waals surface area contributed by atoms with Gasteiger partial charge in [-0.1, -0.05) is 18.5 Å². The molecule has 0 aliphatic carbocycles. The van der Waals surface area contributed by atoms with Crippen LogP contribution in [0.25, 0.3) is 11.0 Å². The molecule has 2 aliphatic rings. The molecule has 1 saturated heterocycles. The number of benzene rings is 1. The third kappa shape index (κ3) is 3.47. The van der Waals surface area contributed by atoms with Gasteiger partial charge in [0.25, 0.3) is 0 Å². The molecule has 1 unspecified atom stereocenters. The van der Waals surface area contributed by atoms with Gasteiger partial charge in [-0.15, -0.1) is 0 Å². The molecule has 9 heteroatoms. The Morgan fingerprint density at radius 3 is 2.90 bits per heavy atom. The van der Waals surface area contributed by atoms with Crippen LogP contribution in [0.3, 0.4) is 0 Å². The predicted octanol–water partition coefficient (Wildman–Crippen LogP) is 4.04. The molecular formula is C22H27ClN6O2. The highest BCUT2D eigenvalue weighted by atomic mass is 35.5. The standard InChI is InChI=1S/C22H27ClN6O2/c1-13(11-27-12-15(23)9-25-27)21-26-20-17-4-3-14(2)28(22(30)31)18(17)5-6-19(20)29(21)16-7-8-24-10-16/h5-6,9,12-14,16,24H,3-4,7-8,10-11H2,1-2H3,(H,30,31)/t13?,14-,16-/m0/s1. The summed E-state index contributed by atoms with van der Waals surface area (Å²) < 4.78 is 4.22. The molecule has 5 rings (SSSR count). The topological polar surface area (TPSA) is 88.2 Å². The fourth-order valence-electron chi connectivity index (χ4n) is 5.10. The minimum atomic E-state index is -0.906. The van der Waals surface area contributed by atoms with Gasteiger partial charge in [-0.3, -0.25) is 9.58 Å². The number of nitrogens with one attached hydrogen (secondary N) is 1. The third-order valence-electron chi connectivity index (χ3n) is 6.59. The molecule has 2 aromatic heterocycles. The summed E-state index contributed by atoms with van der Waals surface area (Å²) in [5.74, 6) is 1.14. The highest BCUT2D eigenvalue weighted by Crippen LogP contribution is 2.38. The van der Waals surface area contributed by atoms with Gasteiger partial charge < -0.3 is 15.0 Å². The van der Waals surface area contributed by atoms with Crippen molar-refractivity contribution >= 4 is 34.4 Å². The molecule has 4 heterocycles. The molecule has 2 N–H and O–H groups in total. The van der Waals surface area contributed by atoms with Gasteiger partial charge in [0.05, 0.1) is 34.5 Å². The average Bonchev–Trinajstić information content (AvgIpc) is 3.46. The number of hydrogen-bond acceptors (Lipinski definition) is 4. The van der Waals surface area contributed by atoms with Crippen LogP contribution in [-0.4, -0.2) is 49.7 Å². The number of anilines is 1. The minimum Gasteiger partial charge on any atom is -0.465 e. The van der Waals surface area contributed by atoms with Crippen LogP contribution in [0.1, 0.15) is 50.0 Å². The van der Waals surface area contributed by atoms with Crippen molar-refractivity contribution in [3.63, 3.8) is 0 Å². The van der Waals surface area contributed by atoms with E-state index >= 15 is 0 Å². The summed E-state index contributed by atoms with van der Waals surface area (Å²) in [6.07, 6.45) is 5.25. The van der Waals surface area contributed by atoms with E-state index in [4.69, 9.17) is 16.6 Å². The number of fused-ring (bicyclic) bond motifs is 3. The number of hydrogen-bond donors (Lipinski definition) is 2. The Kier molecular flexibility index (Phi) is 5.14. The molecule has 1 aromatic carbocycles. The van der Waals surface area contributed by atoms with Crippen molar-refractivity contribution in [2.75, 3.05) is 18.0 Å². The fourth-order valence-corrected chi connectivity index (χ4v) is 5.26. The summed E-state index contributed by atoms with van der Waals surface area (Å²) in [5, 5.41) is 18.2. The summed E-state index contributed by atoms with van der Waals surface area (Å²) in [4.78, 5) is 18.6. The Bertz CT molecular complexity index is 1130. The van der Waals surface area contributed by atoms with Crippen molar-refractivity contribution < 1.29 is 9.90 Å². The lowest BCUT2D eigenvalue weighted by atomic mass is 9.95. The van der Waals surface area contributed by atoms with Crippen molar-refractivity contribution in [2.45, 2.75) is 57.7 Å². The molecule has 164 valence electrons. The number of aromatic nitrogens is 4. The van der Waals surface area contributed by atoms with Gasteiger partial charge >= 0.3 is 6.09 Å². The predicted molar refractivity (Wildman–Crippen MR) is 120 cm³/mol. The Balaban J connectivity index is 1.64. The van der Waals surface area contributed by atoms with Crippen LogP contribution in [0.2, 0.25) is 5.02 Å². The largest absolute Gasteiger partial charge is 0.465 e. The number of carboxylic acid groups (broad SMARTS) is 1. The highest BCUT2D eigenvalue weighted by Gasteiger charge is 2.32. The van der Waals surface area contributed by atoms with E-state index in [9.17, 15) is 9.90 Å². The van der Waals surface area contributed by atoms with Crippen molar-refractivity contribution in [1.29, 1.82) is 0 Å². The highest BCUT2D eigenvalue weighted by molar-refractivity contribution is 6.30. The van der Waals surface area contributed by atoms with E-state index in [-0.39, 0.29) is 12.0 Å². The monoisotopic (exact) mass is 442 g/mol. The van der Waals surface area contributed by atoms with Crippen molar-refractivity contribution in [2.24, 2.45) is 0 Å². The van der Waals surface area contributed by atoms with Crippen LogP contribution >= 0.6 is 11.6 Å². The molecule has 1 fully saturated rings. The lowest BCUT2D eigenvalue weighted by molar-refractivity contribution is 0.198. The first-order chi connectivity index (χ1) is 14.9. The molecular weight excluding hydrogens is 416 g/mol. The number of aryl methyl sites for hydroxylation is 1. The second-order valence-electron chi connectivity index (χ2n) is 8.74.